The fourth-order valence-corrected chi connectivity index (χ4v) is 1.81. The molecule has 6 heteroatoms. The zero-order valence-corrected chi connectivity index (χ0v) is 10.1. The highest BCUT2D eigenvalue weighted by Gasteiger charge is 2.06. The Balaban J connectivity index is 2.10. The Labute approximate surface area is 105 Å². The molecule has 0 fully saturated rings. The average molecular weight is 252 g/mol. The molecule has 0 radical (unpaired) electrons. The lowest BCUT2D eigenvalue weighted by atomic mass is 10.1. The quantitative estimate of drug-likeness (QED) is 0.869. The topological polar surface area (TPSA) is 69.6 Å². The molecule has 17 heavy (non-hydrogen) atoms. The van der Waals surface area contributed by atoms with Crippen LogP contribution in [0.1, 0.15) is 17.8 Å². The van der Waals surface area contributed by atoms with E-state index in [0.717, 1.165) is 29.4 Å². The largest absolute Gasteiger partial charge is 0.330 e. The molecule has 2 aromatic rings. The van der Waals surface area contributed by atoms with Crippen LogP contribution in [0.15, 0.2) is 24.3 Å². The van der Waals surface area contributed by atoms with Gasteiger partial charge < -0.3 is 5.73 Å². The van der Waals surface area contributed by atoms with Crippen molar-refractivity contribution in [2.75, 3.05) is 6.54 Å². The Bertz CT molecular complexity index is 482. The van der Waals surface area contributed by atoms with Gasteiger partial charge in [-0.2, -0.15) is 0 Å². The van der Waals surface area contributed by atoms with Gasteiger partial charge in [0.15, 0.2) is 5.82 Å². The Hall–Kier alpha value is -1.46. The minimum Gasteiger partial charge on any atom is -0.330 e. The fourth-order valence-electron chi connectivity index (χ4n) is 1.59. The summed E-state index contributed by atoms with van der Waals surface area (Å²) in [6.07, 6.45) is 1.55. The molecule has 1 aromatic heterocycles. The molecule has 0 bridgehead atoms. The molecule has 0 saturated heterocycles. The second-order valence-corrected chi connectivity index (χ2v) is 4.20. The number of tetrazole rings is 1. The van der Waals surface area contributed by atoms with Gasteiger partial charge in [-0.05, 0) is 41.1 Å². The van der Waals surface area contributed by atoms with Crippen molar-refractivity contribution in [1.29, 1.82) is 0 Å². The molecular weight excluding hydrogens is 238 g/mol. The summed E-state index contributed by atoms with van der Waals surface area (Å²) in [6.45, 7) is 1.38. The van der Waals surface area contributed by atoms with Gasteiger partial charge in [0, 0.05) is 18.0 Å². The van der Waals surface area contributed by atoms with Gasteiger partial charge in [-0.25, -0.2) is 4.68 Å². The highest BCUT2D eigenvalue weighted by molar-refractivity contribution is 6.30. The molecule has 0 aliphatic rings. The Kier molecular flexibility index (Phi) is 4.06. The monoisotopic (exact) mass is 251 g/mol. The molecular formula is C11H14ClN5. The smallest absolute Gasteiger partial charge is 0.155 e. The van der Waals surface area contributed by atoms with E-state index in [2.05, 4.69) is 15.5 Å². The van der Waals surface area contributed by atoms with E-state index in [1.54, 1.807) is 4.68 Å². The van der Waals surface area contributed by atoms with Crippen LogP contribution < -0.4 is 5.73 Å². The second kappa shape index (κ2) is 5.75. The highest BCUT2D eigenvalue weighted by Crippen LogP contribution is 2.13. The van der Waals surface area contributed by atoms with Crippen molar-refractivity contribution < 1.29 is 0 Å². The molecule has 0 spiro atoms. The fraction of sp³-hybridized carbons (Fsp3) is 0.364. The van der Waals surface area contributed by atoms with E-state index in [9.17, 15) is 0 Å². The van der Waals surface area contributed by atoms with Gasteiger partial charge >= 0.3 is 0 Å². The number of benzene rings is 1. The van der Waals surface area contributed by atoms with Crippen LogP contribution in [0.4, 0.5) is 0 Å². The summed E-state index contributed by atoms with van der Waals surface area (Å²) >= 11 is 5.93. The third-order valence-corrected chi connectivity index (χ3v) is 2.67. The number of aromatic nitrogens is 4. The molecule has 0 unspecified atom stereocenters. The number of halogens is 1. The van der Waals surface area contributed by atoms with Crippen LogP contribution in [-0.4, -0.2) is 26.8 Å². The lowest BCUT2D eigenvalue weighted by Gasteiger charge is -2.04. The molecule has 1 heterocycles. The number of rotatable bonds is 5. The highest BCUT2D eigenvalue weighted by atomic mass is 35.5. The van der Waals surface area contributed by atoms with Crippen molar-refractivity contribution in [1.82, 2.24) is 20.2 Å². The lowest BCUT2D eigenvalue weighted by molar-refractivity contribution is 0.547. The summed E-state index contributed by atoms with van der Waals surface area (Å²) in [4.78, 5) is 0. The van der Waals surface area contributed by atoms with Crippen molar-refractivity contribution >= 4 is 11.6 Å². The van der Waals surface area contributed by atoms with Gasteiger partial charge in [-0.15, -0.1) is 5.10 Å². The van der Waals surface area contributed by atoms with Crippen molar-refractivity contribution in [2.24, 2.45) is 5.73 Å². The summed E-state index contributed by atoms with van der Waals surface area (Å²) in [7, 11) is 0. The molecule has 0 aliphatic heterocycles. The number of hydrogen-bond donors (Lipinski definition) is 1. The van der Waals surface area contributed by atoms with Crippen LogP contribution in [0, 0.1) is 0 Å². The van der Waals surface area contributed by atoms with E-state index in [1.807, 2.05) is 24.3 Å². The van der Waals surface area contributed by atoms with Gasteiger partial charge in [0.1, 0.15) is 0 Å². The maximum Gasteiger partial charge on any atom is 0.155 e. The van der Waals surface area contributed by atoms with Gasteiger partial charge in [-0.3, -0.25) is 0 Å². The second-order valence-electron chi connectivity index (χ2n) is 3.77. The first-order valence-corrected chi connectivity index (χ1v) is 5.87. The molecule has 0 atom stereocenters. The molecule has 0 amide bonds. The Morgan fingerprint density at radius 3 is 3.00 bits per heavy atom. The van der Waals surface area contributed by atoms with Crippen molar-refractivity contribution in [3.05, 3.63) is 40.7 Å². The number of hydrogen-bond acceptors (Lipinski definition) is 4. The van der Waals surface area contributed by atoms with Crippen LogP contribution in [0.2, 0.25) is 5.02 Å². The zero-order valence-electron chi connectivity index (χ0n) is 9.38. The van der Waals surface area contributed by atoms with E-state index in [-0.39, 0.29) is 0 Å². The maximum absolute atomic E-state index is 5.93. The number of nitrogens with zero attached hydrogens (tertiary/aromatic N) is 4. The first-order valence-electron chi connectivity index (χ1n) is 5.49. The predicted octanol–water partition coefficient (Wildman–Crippen LogP) is 1.27. The van der Waals surface area contributed by atoms with Crippen LogP contribution in [0.25, 0.3) is 0 Å². The molecule has 5 nitrogen and oxygen atoms in total. The van der Waals surface area contributed by atoms with E-state index in [4.69, 9.17) is 17.3 Å². The van der Waals surface area contributed by atoms with E-state index >= 15 is 0 Å². The van der Waals surface area contributed by atoms with Crippen LogP contribution >= 0.6 is 11.6 Å². The summed E-state index contributed by atoms with van der Waals surface area (Å²) in [5.41, 5.74) is 6.57. The van der Waals surface area contributed by atoms with Crippen molar-refractivity contribution in [2.45, 2.75) is 19.4 Å². The Morgan fingerprint density at radius 2 is 2.24 bits per heavy atom. The molecule has 2 rings (SSSR count). The van der Waals surface area contributed by atoms with Crippen molar-refractivity contribution in [3.63, 3.8) is 0 Å². The van der Waals surface area contributed by atoms with Gasteiger partial charge in [-0.1, -0.05) is 23.7 Å². The summed E-state index contributed by atoms with van der Waals surface area (Å²) in [5.74, 6) is 0.834. The molecule has 0 aliphatic carbocycles. The molecule has 90 valence electrons. The van der Waals surface area contributed by atoms with E-state index < -0.39 is 0 Å². The van der Waals surface area contributed by atoms with E-state index in [1.165, 1.54) is 0 Å². The number of aryl methyl sites for hydroxylation is 1. The average Bonchev–Trinajstić information content (AvgIpc) is 2.74. The lowest BCUT2D eigenvalue weighted by Crippen LogP contribution is -2.10. The number of nitrogens with two attached hydrogens (primary N) is 1. The summed E-state index contributed by atoms with van der Waals surface area (Å²) < 4.78 is 1.79. The zero-order chi connectivity index (χ0) is 12.1. The molecule has 0 saturated carbocycles. The minimum atomic E-state index is 0.635. The first-order chi connectivity index (χ1) is 8.29. The summed E-state index contributed by atoms with van der Waals surface area (Å²) in [6, 6.07) is 7.70. The Morgan fingerprint density at radius 1 is 1.35 bits per heavy atom. The molecule has 1 aromatic carbocycles. The van der Waals surface area contributed by atoms with Crippen LogP contribution in [0.5, 0.6) is 0 Å². The van der Waals surface area contributed by atoms with Crippen LogP contribution in [-0.2, 0) is 13.0 Å². The van der Waals surface area contributed by atoms with E-state index in [0.29, 0.717) is 13.0 Å². The van der Waals surface area contributed by atoms with Gasteiger partial charge in [0.2, 0.25) is 0 Å². The van der Waals surface area contributed by atoms with Gasteiger partial charge in [0.25, 0.3) is 0 Å². The SMILES string of the molecule is NCCCn1nnnc1Cc1cccc(Cl)c1. The maximum atomic E-state index is 5.93. The first kappa shape index (κ1) is 12.0. The normalized spacial score (nSPS) is 10.7. The van der Waals surface area contributed by atoms with Gasteiger partial charge in [0.05, 0.1) is 0 Å². The predicted molar refractivity (Wildman–Crippen MR) is 65.7 cm³/mol. The third-order valence-electron chi connectivity index (χ3n) is 2.43. The third kappa shape index (κ3) is 3.25. The summed E-state index contributed by atoms with van der Waals surface area (Å²) in [5, 5.41) is 12.4. The van der Waals surface area contributed by atoms with Crippen LogP contribution in [0.3, 0.4) is 0 Å². The standard InChI is InChI=1S/C11H14ClN5/c12-10-4-1-3-9(7-10)8-11-14-15-16-17(11)6-2-5-13/h1,3-4,7H,2,5-6,8,13H2. The minimum absolute atomic E-state index is 0.635. The molecule has 2 N–H and O–H groups in total. The van der Waals surface area contributed by atoms with Crippen molar-refractivity contribution in [3.8, 4) is 0 Å².